The van der Waals surface area contributed by atoms with Gasteiger partial charge in [0.25, 0.3) is 11.6 Å². The molecule has 3 aromatic rings. The number of fused-ring (bicyclic) bond motifs is 1. The first-order valence-corrected chi connectivity index (χ1v) is 10.1. The van der Waals surface area contributed by atoms with Crippen molar-refractivity contribution in [2.24, 2.45) is 0 Å². The molecule has 0 saturated heterocycles. The van der Waals surface area contributed by atoms with Crippen LogP contribution in [0.3, 0.4) is 0 Å². The van der Waals surface area contributed by atoms with E-state index in [1.165, 1.54) is 24.3 Å². The number of hydrogen-bond acceptors (Lipinski definition) is 5. The summed E-state index contributed by atoms with van der Waals surface area (Å²) in [6.45, 7) is 0.444. The molecule has 0 spiro atoms. The number of carbonyl (C=O) groups is 2. The van der Waals surface area contributed by atoms with Crippen molar-refractivity contribution in [2.75, 3.05) is 13.2 Å². The van der Waals surface area contributed by atoms with Gasteiger partial charge >= 0.3 is 12.4 Å². The number of alkyl halides is 6. The molecule has 11 heteroatoms. The Hall–Kier alpha value is -3.34. The predicted octanol–water partition coefficient (Wildman–Crippen LogP) is 6.34. The molecule has 172 valence electrons. The van der Waals surface area contributed by atoms with Crippen LogP contribution in [-0.2, 0) is 0 Å². The van der Waals surface area contributed by atoms with Crippen LogP contribution in [0, 0.1) is 0 Å². The topological polar surface area (TPSA) is 52.6 Å². The molecule has 0 N–H and O–H groups in total. The van der Waals surface area contributed by atoms with E-state index in [-0.39, 0.29) is 13.2 Å². The first kappa shape index (κ1) is 22.8. The maximum Gasteiger partial charge on any atom is 0.454 e. The third-order valence-corrected chi connectivity index (χ3v) is 5.98. The Bertz CT molecular complexity index is 1110. The number of halogens is 6. The number of benzene rings is 2. The maximum absolute atomic E-state index is 12.7. The van der Waals surface area contributed by atoms with Crippen LogP contribution in [0.25, 0.3) is 20.9 Å². The van der Waals surface area contributed by atoms with Crippen LogP contribution in [0.2, 0.25) is 0 Å². The summed E-state index contributed by atoms with van der Waals surface area (Å²) < 4.78 is 87.3. The summed E-state index contributed by atoms with van der Waals surface area (Å²) in [6.07, 6.45) is -9.99. The van der Waals surface area contributed by atoms with Gasteiger partial charge in [-0.1, -0.05) is 48.5 Å². The molecule has 0 amide bonds. The zero-order chi connectivity index (χ0) is 24.0. The van der Waals surface area contributed by atoms with Gasteiger partial charge in [-0.2, -0.15) is 26.3 Å². The third kappa shape index (κ3) is 4.45. The molecule has 0 saturated carbocycles. The molecular weight excluding hydrogens is 474 g/mol. The van der Waals surface area contributed by atoms with E-state index in [4.69, 9.17) is 9.47 Å². The van der Waals surface area contributed by atoms with Crippen LogP contribution in [0.15, 0.2) is 48.5 Å². The van der Waals surface area contributed by atoms with Gasteiger partial charge in [0.2, 0.25) is 0 Å². The fourth-order valence-electron chi connectivity index (χ4n) is 3.20. The van der Waals surface area contributed by atoms with Crippen LogP contribution >= 0.6 is 11.3 Å². The summed E-state index contributed by atoms with van der Waals surface area (Å²) in [6, 6.07) is 9.60. The van der Waals surface area contributed by atoms with Gasteiger partial charge in [0, 0.05) is 11.1 Å². The number of thiophene rings is 1. The van der Waals surface area contributed by atoms with E-state index in [0.717, 1.165) is 35.6 Å². The minimum Gasteiger partial charge on any atom is -0.485 e. The predicted molar refractivity (Wildman–Crippen MR) is 107 cm³/mol. The highest BCUT2D eigenvalue weighted by Gasteiger charge is 2.40. The molecule has 2 aromatic carbocycles. The summed E-state index contributed by atoms with van der Waals surface area (Å²) >= 11 is 1.16. The first-order valence-electron chi connectivity index (χ1n) is 9.33. The number of hydrogen-bond donors (Lipinski definition) is 0. The van der Waals surface area contributed by atoms with Gasteiger partial charge in [-0.05, 0) is 11.1 Å². The van der Waals surface area contributed by atoms with E-state index < -0.39 is 35.0 Å². The van der Waals surface area contributed by atoms with Gasteiger partial charge < -0.3 is 9.47 Å². The summed E-state index contributed by atoms with van der Waals surface area (Å²) in [4.78, 5) is 23.9. The third-order valence-electron chi connectivity index (χ3n) is 4.73. The molecule has 0 unspecified atom stereocenters. The minimum atomic E-state index is -4.99. The maximum atomic E-state index is 12.7. The van der Waals surface area contributed by atoms with Gasteiger partial charge in [-0.25, -0.2) is 0 Å². The first-order chi connectivity index (χ1) is 15.5. The van der Waals surface area contributed by atoms with Crippen LogP contribution in [0.4, 0.5) is 26.3 Å². The Kier molecular flexibility index (Phi) is 5.69. The molecule has 0 bridgehead atoms. The van der Waals surface area contributed by atoms with Gasteiger partial charge in [0.15, 0.2) is 11.5 Å². The van der Waals surface area contributed by atoms with Crippen LogP contribution in [0.1, 0.15) is 20.7 Å². The standard InChI is InChI=1S/C22H12F6O4S/c23-21(24,25)19(29)13-5-1-11(2-6-13)17-15-16(32-10-9-31-15)18(33-17)12-3-7-14(8-4-12)20(30)22(26,27)28/h1-8H,9-10H2. The second kappa shape index (κ2) is 8.22. The summed E-state index contributed by atoms with van der Waals surface area (Å²) in [5.74, 6) is -3.25. The SMILES string of the molecule is O=C(c1ccc(-c2sc(-c3ccc(C(=O)C(F)(F)F)cc3)c3c2OCCO3)cc1)C(F)(F)F. The monoisotopic (exact) mass is 486 g/mol. The van der Waals surface area contributed by atoms with Crippen LogP contribution in [0.5, 0.6) is 11.5 Å². The smallest absolute Gasteiger partial charge is 0.454 e. The van der Waals surface area contributed by atoms with Crippen molar-refractivity contribution in [1.82, 2.24) is 0 Å². The Morgan fingerprint density at radius 3 is 1.27 bits per heavy atom. The minimum absolute atomic E-state index is 0.222. The molecule has 2 heterocycles. The Morgan fingerprint density at radius 1 is 0.636 bits per heavy atom. The number of ether oxygens (including phenoxy) is 2. The fraction of sp³-hybridized carbons (Fsp3) is 0.182. The van der Waals surface area contributed by atoms with E-state index in [2.05, 4.69) is 0 Å². The molecule has 0 fully saturated rings. The van der Waals surface area contributed by atoms with Crippen LogP contribution in [-0.4, -0.2) is 37.1 Å². The van der Waals surface area contributed by atoms with Crippen molar-refractivity contribution >= 4 is 22.9 Å². The lowest BCUT2D eigenvalue weighted by atomic mass is 10.1. The Labute approximate surface area is 186 Å². The fourth-order valence-corrected chi connectivity index (χ4v) is 4.40. The summed E-state index contributed by atoms with van der Waals surface area (Å²) in [5, 5.41) is 0. The van der Waals surface area contributed by atoms with Crippen molar-refractivity contribution in [3.05, 3.63) is 59.7 Å². The molecule has 0 atom stereocenters. The number of Topliss-reactive ketones (excluding diaryl/α,β-unsaturated/α-hetero) is 2. The van der Waals surface area contributed by atoms with Gasteiger partial charge in [0.1, 0.15) is 13.2 Å². The molecule has 4 rings (SSSR count). The lowest BCUT2D eigenvalue weighted by molar-refractivity contribution is -0.0888. The van der Waals surface area contributed by atoms with Crippen molar-refractivity contribution in [3.8, 4) is 32.4 Å². The molecule has 1 aliphatic heterocycles. The van der Waals surface area contributed by atoms with Crippen molar-refractivity contribution < 1.29 is 45.4 Å². The Balaban J connectivity index is 1.71. The highest BCUT2D eigenvalue weighted by Crippen LogP contribution is 2.53. The highest BCUT2D eigenvalue weighted by molar-refractivity contribution is 7.19. The highest BCUT2D eigenvalue weighted by atomic mass is 32.1. The molecule has 1 aliphatic rings. The van der Waals surface area contributed by atoms with E-state index in [9.17, 15) is 35.9 Å². The van der Waals surface area contributed by atoms with E-state index >= 15 is 0 Å². The normalized spacial score (nSPS) is 13.6. The second-order valence-electron chi connectivity index (χ2n) is 6.92. The van der Waals surface area contributed by atoms with E-state index in [0.29, 0.717) is 32.4 Å². The number of carbonyl (C=O) groups excluding carboxylic acids is 2. The lowest BCUT2D eigenvalue weighted by Crippen LogP contribution is -2.22. The zero-order valence-electron chi connectivity index (χ0n) is 16.3. The lowest BCUT2D eigenvalue weighted by Gasteiger charge is -2.17. The second-order valence-corrected chi connectivity index (χ2v) is 7.94. The Morgan fingerprint density at radius 2 is 0.970 bits per heavy atom. The van der Waals surface area contributed by atoms with Crippen LogP contribution < -0.4 is 9.47 Å². The van der Waals surface area contributed by atoms with E-state index in [1.807, 2.05) is 0 Å². The van der Waals surface area contributed by atoms with E-state index in [1.54, 1.807) is 0 Å². The molecular formula is C22H12F6O4S. The largest absolute Gasteiger partial charge is 0.485 e. The average Bonchev–Trinajstić information content (AvgIpc) is 3.17. The molecule has 4 nitrogen and oxygen atoms in total. The zero-order valence-corrected chi connectivity index (χ0v) is 17.2. The van der Waals surface area contributed by atoms with Gasteiger partial charge in [-0.15, -0.1) is 11.3 Å². The van der Waals surface area contributed by atoms with Crippen molar-refractivity contribution in [1.29, 1.82) is 0 Å². The van der Waals surface area contributed by atoms with Gasteiger partial charge in [0.05, 0.1) is 9.75 Å². The molecule has 0 aliphatic carbocycles. The molecule has 0 radical (unpaired) electrons. The number of rotatable bonds is 4. The molecule has 33 heavy (non-hydrogen) atoms. The summed E-state index contributed by atoms with van der Waals surface area (Å²) in [5.41, 5.74) is -0.0934. The van der Waals surface area contributed by atoms with Crippen molar-refractivity contribution in [3.63, 3.8) is 0 Å². The average molecular weight is 486 g/mol. The van der Waals surface area contributed by atoms with Gasteiger partial charge in [-0.3, -0.25) is 9.59 Å². The molecule has 1 aromatic heterocycles. The van der Waals surface area contributed by atoms with Crippen molar-refractivity contribution in [2.45, 2.75) is 12.4 Å². The summed E-state index contributed by atoms with van der Waals surface area (Å²) in [7, 11) is 0. The quantitative estimate of drug-likeness (QED) is 0.319. The number of ketones is 2.